The smallest absolute Gasteiger partial charge is 0.141 e. The second-order valence-electron chi connectivity index (χ2n) is 8.43. The van der Waals surface area contributed by atoms with Crippen molar-refractivity contribution >= 4 is 16.5 Å². The van der Waals surface area contributed by atoms with E-state index in [1.54, 1.807) is 18.5 Å². The Hall–Kier alpha value is -3.89. The van der Waals surface area contributed by atoms with Crippen molar-refractivity contribution in [1.29, 1.82) is 5.26 Å². The maximum atomic E-state index is 14.0. The zero-order chi connectivity index (χ0) is 22.8. The highest BCUT2D eigenvalue weighted by atomic mass is 19.1. The predicted octanol–water partition coefficient (Wildman–Crippen LogP) is 4.17. The molecule has 1 fully saturated rings. The molecule has 0 radical (unpaired) electrons. The van der Waals surface area contributed by atoms with E-state index >= 15 is 0 Å². The van der Waals surface area contributed by atoms with Gasteiger partial charge >= 0.3 is 0 Å². The maximum absolute atomic E-state index is 14.0. The third-order valence-electron chi connectivity index (χ3n) is 6.25. The molecule has 0 unspecified atom stereocenters. The molecule has 3 aromatic carbocycles. The molecule has 166 valence electrons. The first-order valence-electron chi connectivity index (χ1n) is 11.0. The van der Waals surface area contributed by atoms with Gasteiger partial charge in [-0.25, -0.2) is 9.37 Å². The molecule has 0 saturated carbocycles. The molecule has 1 saturated heterocycles. The molecule has 1 aliphatic rings. The largest absolute Gasteiger partial charge is 0.508 e. The van der Waals surface area contributed by atoms with Gasteiger partial charge in [0.2, 0.25) is 0 Å². The number of nitrogens with one attached hydrogen (secondary N) is 1. The van der Waals surface area contributed by atoms with Crippen molar-refractivity contribution < 1.29 is 9.50 Å². The Morgan fingerprint density at radius 2 is 2.09 bits per heavy atom. The summed E-state index contributed by atoms with van der Waals surface area (Å²) in [6.45, 7) is 2.98. The van der Waals surface area contributed by atoms with E-state index < -0.39 is 5.82 Å². The van der Waals surface area contributed by atoms with Gasteiger partial charge in [0, 0.05) is 49.5 Å². The number of nitrogens with zero attached hydrogens (tertiary/aromatic N) is 4. The van der Waals surface area contributed by atoms with Crippen molar-refractivity contribution in [3.8, 4) is 11.8 Å². The number of halogens is 1. The topological polar surface area (TPSA) is 77.1 Å². The monoisotopic (exact) mass is 441 g/mol. The lowest BCUT2D eigenvalue weighted by atomic mass is 10.1. The number of nitriles is 1. The molecule has 1 aliphatic heterocycles. The zero-order valence-corrected chi connectivity index (χ0v) is 18.1. The molecule has 6 nitrogen and oxygen atoms in total. The van der Waals surface area contributed by atoms with Crippen LogP contribution in [-0.4, -0.2) is 33.8 Å². The fourth-order valence-electron chi connectivity index (χ4n) is 4.50. The van der Waals surface area contributed by atoms with E-state index in [1.807, 2.05) is 29.0 Å². The summed E-state index contributed by atoms with van der Waals surface area (Å²) in [6, 6.07) is 18.6. The van der Waals surface area contributed by atoms with Gasteiger partial charge in [-0.1, -0.05) is 24.3 Å². The second-order valence-corrected chi connectivity index (χ2v) is 8.43. The Kier molecular flexibility index (Phi) is 5.68. The molecule has 1 aromatic heterocycles. The highest BCUT2D eigenvalue weighted by molar-refractivity contribution is 5.95. The van der Waals surface area contributed by atoms with Crippen LogP contribution in [0.2, 0.25) is 0 Å². The summed E-state index contributed by atoms with van der Waals surface area (Å²) >= 11 is 0. The molecule has 2 heterocycles. The molecule has 2 N–H and O–H groups in total. The highest BCUT2D eigenvalue weighted by Crippen LogP contribution is 2.31. The van der Waals surface area contributed by atoms with E-state index in [4.69, 9.17) is 5.26 Å². The molecule has 0 bridgehead atoms. The number of benzene rings is 3. The van der Waals surface area contributed by atoms with E-state index in [2.05, 4.69) is 33.4 Å². The summed E-state index contributed by atoms with van der Waals surface area (Å²) < 4.78 is 15.9. The number of hydrogen-bond acceptors (Lipinski definition) is 5. The number of fused-ring (bicyclic) bond motifs is 1. The van der Waals surface area contributed by atoms with Crippen molar-refractivity contribution in [2.24, 2.45) is 0 Å². The predicted molar refractivity (Wildman–Crippen MR) is 126 cm³/mol. The molecular weight excluding hydrogens is 417 g/mol. The fourth-order valence-corrected chi connectivity index (χ4v) is 4.50. The van der Waals surface area contributed by atoms with E-state index in [1.165, 1.54) is 12.1 Å². The zero-order valence-electron chi connectivity index (χ0n) is 18.1. The number of aromatic nitrogens is 2. The van der Waals surface area contributed by atoms with Crippen LogP contribution in [0.1, 0.15) is 23.2 Å². The minimum absolute atomic E-state index is 0.0541. The number of phenolic OH excluding ortho intramolecular Hbond substituents is 1. The Balaban J connectivity index is 1.23. The fraction of sp³-hybridized carbons (Fsp3) is 0.231. The van der Waals surface area contributed by atoms with E-state index in [0.717, 1.165) is 47.2 Å². The average Bonchev–Trinajstić information content (AvgIpc) is 3.47. The lowest BCUT2D eigenvalue weighted by Gasteiger charge is -2.21. The van der Waals surface area contributed by atoms with Crippen LogP contribution in [-0.2, 0) is 13.1 Å². The number of aromatic hydroxyl groups is 1. The van der Waals surface area contributed by atoms with E-state index in [9.17, 15) is 9.50 Å². The highest BCUT2D eigenvalue weighted by Gasteiger charge is 2.24. The summed E-state index contributed by atoms with van der Waals surface area (Å²) in [5, 5.41) is 24.7. The van der Waals surface area contributed by atoms with Crippen molar-refractivity contribution in [3.63, 3.8) is 0 Å². The maximum Gasteiger partial charge on any atom is 0.141 e. The minimum atomic E-state index is -0.498. The van der Waals surface area contributed by atoms with Crippen molar-refractivity contribution in [3.05, 3.63) is 89.8 Å². The molecule has 0 spiro atoms. The van der Waals surface area contributed by atoms with Crippen LogP contribution in [0.15, 0.2) is 67.1 Å². The van der Waals surface area contributed by atoms with Gasteiger partial charge < -0.3 is 19.9 Å². The molecule has 0 amide bonds. The lowest BCUT2D eigenvalue weighted by molar-refractivity contribution is 0.476. The number of hydrogen-bond donors (Lipinski definition) is 2. The summed E-state index contributed by atoms with van der Waals surface area (Å²) in [4.78, 5) is 6.62. The first-order valence-corrected chi connectivity index (χ1v) is 11.0. The molecule has 0 aliphatic carbocycles. The molecule has 4 aromatic rings. The molecular formula is C26H24FN5O. The normalized spacial score (nSPS) is 15.8. The Morgan fingerprint density at radius 3 is 2.94 bits per heavy atom. The van der Waals surface area contributed by atoms with Crippen LogP contribution in [0.3, 0.4) is 0 Å². The van der Waals surface area contributed by atoms with Gasteiger partial charge in [0.25, 0.3) is 0 Å². The third-order valence-corrected chi connectivity index (χ3v) is 6.25. The second kappa shape index (κ2) is 8.93. The Labute approximate surface area is 191 Å². The SMILES string of the molecule is N#Cc1ccc(Cn2cncc2CN[C@@H]2CCN(c3cccc4ccc(O)cc34)C2)cc1F. The van der Waals surface area contributed by atoms with E-state index in [-0.39, 0.29) is 11.3 Å². The first kappa shape index (κ1) is 21.0. The van der Waals surface area contributed by atoms with Crippen LogP contribution in [0.25, 0.3) is 10.8 Å². The number of imidazole rings is 1. The standard InChI is InChI=1S/C26H24FN5O/c27-25-10-18(4-5-20(25)12-28)15-32-17-29-13-22(32)14-30-21-8-9-31(16-21)26-3-1-2-19-6-7-23(33)11-24(19)26/h1-7,10-11,13,17,21,30,33H,8-9,14-16H2/t21-/m1/s1. The lowest BCUT2D eigenvalue weighted by Crippen LogP contribution is -2.32. The number of anilines is 1. The van der Waals surface area contributed by atoms with Gasteiger partial charge in [0.05, 0.1) is 17.6 Å². The Bertz CT molecular complexity index is 1340. The molecule has 5 rings (SSSR count). The number of rotatable bonds is 6. The van der Waals surface area contributed by atoms with Crippen LogP contribution in [0.4, 0.5) is 10.1 Å². The average molecular weight is 442 g/mol. The summed E-state index contributed by atoms with van der Waals surface area (Å²) in [5.41, 5.74) is 3.00. The van der Waals surface area contributed by atoms with Crippen molar-refractivity contribution in [1.82, 2.24) is 14.9 Å². The van der Waals surface area contributed by atoms with Crippen LogP contribution in [0, 0.1) is 17.1 Å². The van der Waals surface area contributed by atoms with E-state index in [0.29, 0.717) is 19.1 Å². The quantitative estimate of drug-likeness (QED) is 0.470. The summed E-state index contributed by atoms with van der Waals surface area (Å²) in [7, 11) is 0. The summed E-state index contributed by atoms with van der Waals surface area (Å²) in [6.07, 6.45) is 4.59. The van der Waals surface area contributed by atoms with Crippen LogP contribution < -0.4 is 10.2 Å². The molecule has 1 atom stereocenters. The molecule has 33 heavy (non-hydrogen) atoms. The van der Waals surface area contributed by atoms with Gasteiger partial charge in [0.15, 0.2) is 0 Å². The third kappa shape index (κ3) is 4.38. The van der Waals surface area contributed by atoms with Crippen molar-refractivity contribution in [2.45, 2.75) is 25.6 Å². The van der Waals surface area contributed by atoms with Gasteiger partial charge in [0.1, 0.15) is 17.6 Å². The van der Waals surface area contributed by atoms with Gasteiger partial charge in [-0.3, -0.25) is 0 Å². The Morgan fingerprint density at radius 1 is 1.18 bits per heavy atom. The first-order chi connectivity index (χ1) is 16.1. The van der Waals surface area contributed by atoms with Gasteiger partial charge in [-0.05, 0) is 47.7 Å². The van der Waals surface area contributed by atoms with Crippen molar-refractivity contribution in [2.75, 3.05) is 18.0 Å². The summed E-state index contributed by atoms with van der Waals surface area (Å²) in [5.74, 6) is -0.221. The molecule has 7 heteroatoms. The minimum Gasteiger partial charge on any atom is -0.508 e. The van der Waals surface area contributed by atoms with Crippen LogP contribution in [0.5, 0.6) is 5.75 Å². The van der Waals surface area contributed by atoms with Gasteiger partial charge in [-0.2, -0.15) is 5.26 Å². The van der Waals surface area contributed by atoms with Crippen LogP contribution >= 0.6 is 0 Å². The number of phenols is 1. The van der Waals surface area contributed by atoms with Gasteiger partial charge in [-0.15, -0.1) is 0 Å².